The Kier molecular flexibility index (Phi) is 17.8. The standard InChI is InChI=1S/C22H45N/c1-5-6-7-8-9-10-11-12-13-14-15-16-17-18-19-23-22(4)20-21(2)3/h21H,5-20H2,1-4H3. The van der Waals surface area contributed by atoms with Crippen LogP contribution in [0.3, 0.4) is 0 Å². The Labute approximate surface area is 147 Å². The highest BCUT2D eigenvalue weighted by Crippen LogP contribution is 2.13. The molecule has 0 bridgehead atoms. The minimum Gasteiger partial charge on any atom is -0.294 e. The lowest BCUT2D eigenvalue weighted by atomic mass is 10.0. The zero-order chi connectivity index (χ0) is 17.2. The van der Waals surface area contributed by atoms with Gasteiger partial charge >= 0.3 is 0 Å². The zero-order valence-electron chi connectivity index (χ0n) is 16.8. The van der Waals surface area contributed by atoms with Crippen molar-refractivity contribution in [3.63, 3.8) is 0 Å². The summed E-state index contributed by atoms with van der Waals surface area (Å²) in [5.74, 6) is 0.745. The van der Waals surface area contributed by atoms with E-state index in [2.05, 4.69) is 32.7 Å². The van der Waals surface area contributed by atoms with Crippen molar-refractivity contribution in [2.24, 2.45) is 10.9 Å². The molecule has 0 aromatic heterocycles. The van der Waals surface area contributed by atoms with E-state index >= 15 is 0 Å². The van der Waals surface area contributed by atoms with Gasteiger partial charge < -0.3 is 0 Å². The molecule has 0 aromatic rings. The second kappa shape index (κ2) is 18.0. The summed E-state index contributed by atoms with van der Waals surface area (Å²) in [6.07, 6.45) is 21.2. The molecule has 0 amide bonds. The maximum atomic E-state index is 4.68. The van der Waals surface area contributed by atoms with Crippen LogP contribution in [0.5, 0.6) is 0 Å². The number of rotatable bonds is 17. The van der Waals surface area contributed by atoms with E-state index < -0.39 is 0 Å². The van der Waals surface area contributed by atoms with Crippen LogP contribution in [-0.4, -0.2) is 12.3 Å². The third-order valence-corrected chi connectivity index (χ3v) is 4.60. The first-order valence-electron chi connectivity index (χ1n) is 10.7. The predicted octanol–water partition coefficient (Wildman–Crippen LogP) is 7.97. The van der Waals surface area contributed by atoms with Crippen LogP contribution in [0.2, 0.25) is 0 Å². The molecule has 1 heteroatoms. The van der Waals surface area contributed by atoms with Gasteiger partial charge in [0.1, 0.15) is 0 Å². The number of nitrogens with zero attached hydrogens (tertiary/aromatic N) is 1. The number of unbranched alkanes of at least 4 members (excludes halogenated alkanes) is 13. The largest absolute Gasteiger partial charge is 0.294 e. The van der Waals surface area contributed by atoms with E-state index in [0.29, 0.717) is 0 Å². The molecule has 0 aromatic carbocycles. The monoisotopic (exact) mass is 323 g/mol. The van der Waals surface area contributed by atoms with Gasteiger partial charge in [0.05, 0.1) is 0 Å². The van der Waals surface area contributed by atoms with E-state index in [4.69, 9.17) is 0 Å². The summed E-state index contributed by atoms with van der Waals surface area (Å²) in [6, 6.07) is 0. The van der Waals surface area contributed by atoms with Crippen LogP contribution in [-0.2, 0) is 0 Å². The summed E-state index contributed by atoms with van der Waals surface area (Å²) in [7, 11) is 0. The Morgan fingerprint density at radius 1 is 0.652 bits per heavy atom. The fourth-order valence-electron chi connectivity index (χ4n) is 3.23. The van der Waals surface area contributed by atoms with Gasteiger partial charge in [0, 0.05) is 12.3 Å². The highest BCUT2D eigenvalue weighted by atomic mass is 14.7. The highest BCUT2D eigenvalue weighted by Gasteiger charge is 1.97. The van der Waals surface area contributed by atoms with Gasteiger partial charge in [-0.2, -0.15) is 0 Å². The average Bonchev–Trinajstić information content (AvgIpc) is 2.50. The Morgan fingerprint density at radius 3 is 1.43 bits per heavy atom. The topological polar surface area (TPSA) is 12.4 Å². The minimum atomic E-state index is 0.745. The molecule has 0 saturated carbocycles. The molecule has 1 nitrogen and oxygen atoms in total. The summed E-state index contributed by atoms with van der Waals surface area (Å²) in [6.45, 7) is 10.1. The Morgan fingerprint density at radius 2 is 1.04 bits per heavy atom. The van der Waals surface area contributed by atoms with Crippen molar-refractivity contribution in [1.29, 1.82) is 0 Å². The Hall–Kier alpha value is -0.330. The summed E-state index contributed by atoms with van der Waals surface area (Å²) in [4.78, 5) is 4.68. The summed E-state index contributed by atoms with van der Waals surface area (Å²) in [5, 5.41) is 0. The predicted molar refractivity (Wildman–Crippen MR) is 108 cm³/mol. The van der Waals surface area contributed by atoms with Gasteiger partial charge in [-0.25, -0.2) is 0 Å². The number of aliphatic imine (C=N–C) groups is 1. The molecule has 23 heavy (non-hydrogen) atoms. The average molecular weight is 324 g/mol. The molecule has 0 saturated heterocycles. The molecule has 0 aliphatic carbocycles. The van der Waals surface area contributed by atoms with Gasteiger partial charge in [-0.3, -0.25) is 4.99 Å². The van der Waals surface area contributed by atoms with Crippen molar-refractivity contribution >= 4 is 5.71 Å². The van der Waals surface area contributed by atoms with Crippen LogP contribution in [0.25, 0.3) is 0 Å². The second-order valence-electron chi connectivity index (χ2n) is 7.81. The quantitative estimate of drug-likeness (QED) is 0.190. The first-order chi connectivity index (χ1) is 11.2. The van der Waals surface area contributed by atoms with Crippen molar-refractivity contribution in [1.82, 2.24) is 0 Å². The van der Waals surface area contributed by atoms with Crippen molar-refractivity contribution in [3.05, 3.63) is 0 Å². The van der Waals surface area contributed by atoms with Gasteiger partial charge in [0.25, 0.3) is 0 Å². The number of hydrogen-bond acceptors (Lipinski definition) is 1. The van der Waals surface area contributed by atoms with E-state index in [9.17, 15) is 0 Å². The first kappa shape index (κ1) is 22.7. The summed E-state index contributed by atoms with van der Waals surface area (Å²) < 4.78 is 0. The van der Waals surface area contributed by atoms with Crippen molar-refractivity contribution in [2.45, 2.75) is 124 Å². The van der Waals surface area contributed by atoms with E-state index in [1.54, 1.807) is 0 Å². The lowest BCUT2D eigenvalue weighted by Crippen LogP contribution is -1.99. The van der Waals surface area contributed by atoms with Crippen LogP contribution in [0.15, 0.2) is 4.99 Å². The second-order valence-corrected chi connectivity index (χ2v) is 7.81. The zero-order valence-corrected chi connectivity index (χ0v) is 16.8. The molecule has 0 spiro atoms. The number of hydrogen-bond donors (Lipinski definition) is 0. The Balaban J connectivity index is 3.13. The van der Waals surface area contributed by atoms with Crippen LogP contribution in [0, 0.1) is 5.92 Å². The van der Waals surface area contributed by atoms with E-state index in [-0.39, 0.29) is 0 Å². The summed E-state index contributed by atoms with van der Waals surface area (Å²) >= 11 is 0. The fraction of sp³-hybridized carbons (Fsp3) is 0.955. The molecule has 0 fully saturated rings. The van der Waals surface area contributed by atoms with Gasteiger partial charge in [-0.1, -0.05) is 104 Å². The van der Waals surface area contributed by atoms with E-state index in [0.717, 1.165) is 12.5 Å². The fourth-order valence-corrected chi connectivity index (χ4v) is 3.23. The Bertz CT molecular complexity index is 255. The third-order valence-electron chi connectivity index (χ3n) is 4.60. The molecule has 0 aliphatic rings. The molecule has 0 N–H and O–H groups in total. The van der Waals surface area contributed by atoms with E-state index in [1.165, 1.54) is 102 Å². The normalized spacial score (nSPS) is 12.3. The smallest absolute Gasteiger partial charge is 0.0388 e. The molecule has 0 radical (unpaired) electrons. The first-order valence-corrected chi connectivity index (χ1v) is 10.7. The van der Waals surface area contributed by atoms with Gasteiger partial charge in [-0.15, -0.1) is 0 Å². The molecule has 138 valence electrons. The molecule has 0 atom stereocenters. The molecule has 0 rings (SSSR count). The van der Waals surface area contributed by atoms with Crippen LogP contribution in [0.4, 0.5) is 0 Å². The SMILES string of the molecule is CCCCCCCCCCCCCCCCN=C(C)CC(C)C. The van der Waals surface area contributed by atoms with Gasteiger partial charge in [-0.05, 0) is 25.7 Å². The molecular weight excluding hydrogens is 278 g/mol. The lowest BCUT2D eigenvalue weighted by molar-refractivity contribution is 0.536. The lowest BCUT2D eigenvalue weighted by Gasteiger charge is -2.04. The molecular formula is C22H45N. The van der Waals surface area contributed by atoms with Crippen molar-refractivity contribution in [3.8, 4) is 0 Å². The van der Waals surface area contributed by atoms with Gasteiger partial charge in [0.2, 0.25) is 0 Å². The van der Waals surface area contributed by atoms with Gasteiger partial charge in [0.15, 0.2) is 0 Å². The summed E-state index contributed by atoms with van der Waals surface area (Å²) in [5.41, 5.74) is 1.34. The minimum absolute atomic E-state index is 0.745. The molecule has 0 unspecified atom stereocenters. The molecule has 0 aliphatic heterocycles. The van der Waals surface area contributed by atoms with Crippen molar-refractivity contribution in [2.75, 3.05) is 6.54 Å². The van der Waals surface area contributed by atoms with Crippen LogP contribution in [0.1, 0.15) is 124 Å². The molecule has 0 heterocycles. The van der Waals surface area contributed by atoms with Crippen molar-refractivity contribution < 1.29 is 0 Å². The maximum absolute atomic E-state index is 4.68. The highest BCUT2D eigenvalue weighted by molar-refractivity contribution is 5.81. The van der Waals surface area contributed by atoms with Crippen LogP contribution < -0.4 is 0 Å². The van der Waals surface area contributed by atoms with E-state index in [1.807, 2.05) is 0 Å². The maximum Gasteiger partial charge on any atom is 0.0388 e. The van der Waals surface area contributed by atoms with Crippen LogP contribution >= 0.6 is 0 Å². The third kappa shape index (κ3) is 19.6.